The minimum absolute atomic E-state index is 0. The summed E-state index contributed by atoms with van der Waals surface area (Å²) < 4.78 is 14.5. The Bertz CT molecular complexity index is 2630. The minimum atomic E-state index is 0. The summed E-state index contributed by atoms with van der Waals surface area (Å²) in [5.41, 5.74) is 7.92. The summed E-state index contributed by atoms with van der Waals surface area (Å²) in [6.45, 7) is 4.10. The van der Waals surface area contributed by atoms with E-state index in [1.54, 1.807) is 36.7 Å². The molecule has 0 amide bonds. The predicted octanol–water partition coefficient (Wildman–Crippen LogP) is 9.64. The molecule has 0 N–H and O–H groups in total. The Morgan fingerprint density at radius 3 is 1.42 bits per heavy atom. The van der Waals surface area contributed by atoms with E-state index in [0.717, 1.165) is 55.9 Å². The number of rotatable bonds is 7. The molecule has 0 atom stereocenters. The Balaban J connectivity index is 0.00000228. The number of fused-ring (bicyclic) bond motifs is 5. The second-order valence-electron chi connectivity index (χ2n) is 13.0. The van der Waals surface area contributed by atoms with Gasteiger partial charge in [0.2, 0.25) is 11.8 Å². The molecule has 10 nitrogen and oxygen atoms in total. The molecule has 8 aromatic rings. The number of hydrogen-bond acceptors (Lipinski definition) is 9. The van der Waals surface area contributed by atoms with Gasteiger partial charge in [0, 0.05) is 88.1 Å². The summed E-state index contributed by atoms with van der Waals surface area (Å²) in [6.07, 6.45) is 3.25. The Morgan fingerprint density at radius 1 is 0.561 bits per heavy atom. The van der Waals surface area contributed by atoms with Gasteiger partial charge in [0.15, 0.2) is 0 Å². The summed E-state index contributed by atoms with van der Waals surface area (Å²) in [5.74, 6) is 0.826. The third kappa shape index (κ3) is 6.55. The normalized spacial score (nSPS) is 12.9. The maximum atomic E-state index is 10.5. The monoisotopic (exact) mass is 924 g/mol. The molecular formula is C45H28N8O2Pd2-6. The third-order valence-corrected chi connectivity index (χ3v) is 9.64. The van der Waals surface area contributed by atoms with Gasteiger partial charge in [-0.1, -0.05) is 64.5 Å². The third-order valence-electron chi connectivity index (χ3n) is 9.64. The molecule has 5 aromatic carbocycles. The van der Waals surface area contributed by atoms with Crippen LogP contribution in [-0.2, 0) is 40.8 Å². The molecule has 0 spiro atoms. The van der Waals surface area contributed by atoms with E-state index in [-0.39, 0.29) is 57.9 Å². The molecular weight excluding hydrogens is 897 g/mol. The van der Waals surface area contributed by atoms with Gasteiger partial charge in [-0.15, -0.1) is 23.5 Å². The summed E-state index contributed by atoms with van der Waals surface area (Å²) in [7, 11) is 4.06. The van der Waals surface area contributed by atoms with Gasteiger partial charge in [-0.2, -0.15) is 54.1 Å². The zero-order valence-corrected chi connectivity index (χ0v) is 33.3. The Labute approximate surface area is 357 Å². The van der Waals surface area contributed by atoms with E-state index in [2.05, 4.69) is 108 Å². The molecule has 0 bridgehead atoms. The van der Waals surface area contributed by atoms with Gasteiger partial charge >= 0.3 is 0 Å². The van der Waals surface area contributed by atoms with Gasteiger partial charge in [-0.3, -0.25) is 12.1 Å². The topological polar surface area (TPSA) is 85.9 Å². The van der Waals surface area contributed by atoms with Crippen LogP contribution in [0.25, 0.3) is 27.5 Å². The van der Waals surface area contributed by atoms with Crippen LogP contribution in [-0.4, -0.2) is 28.6 Å². The molecule has 0 aliphatic carbocycles. The quantitative estimate of drug-likeness (QED) is 0.115. The zero-order valence-electron chi connectivity index (χ0n) is 30.2. The number of pyridine rings is 2. The standard InChI is InChI=1S/C45H28N8O2.2Pd/c1-49-28-51(38-13-5-3-11-36(38)49)30-17-19-33-34-20-18-31(52-29-50(2)37-12-4-6-14-39(37)52)24-41(34)53(40(33)23-30)32-25-42(54-44-15-7-9-21-47-44)35(27-46)43(26-32)55-45-16-8-10-22-48-45;;/h3-22,28-29H,1-2H3;;/q-6;;. The van der Waals surface area contributed by atoms with E-state index < -0.39 is 0 Å². The van der Waals surface area contributed by atoms with Gasteiger partial charge in [-0.25, -0.2) is 15.2 Å². The average Bonchev–Trinajstić information content (AvgIpc) is 3.86. The number of hydrogen-bond donors (Lipinski definition) is 0. The van der Waals surface area contributed by atoms with Crippen LogP contribution in [0, 0.1) is 48.9 Å². The fraction of sp³-hybridized carbons (Fsp3) is 0.0444. The first-order valence-corrected chi connectivity index (χ1v) is 17.5. The molecule has 0 unspecified atom stereocenters. The summed E-state index contributed by atoms with van der Waals surface area (Å²) >= 11 is 0. The Hall–Kier alpha value is -6.19. The van der Waals surface area contributed by atoms with Crippen LogP contribution >= 0.6 is 0 Å². The SMILES string of the molecule is CN1[CH-]N(c2[c-]c3c(cc2)c2ccc(N4[CH-]N(C)c5ccccc54)[c-]c2n3-c2[c-]c(Oc3ccccn3)c(C#N)c(Oc3ccccn3)[c-]2)c2ccccc21.[Pd].[Pd]. The van der Waals surface area contributed by atoms with Gasteiger partial charge in [0.05, 0.1) is 0 Å². The van der Waals surface area contributed by atoms with E-state index in [1.165, 1.54) is 0 Å². The molecule has 0 saturated carbocycles. The van der Waals surface area contributed by atoms with Crippen LogP contribution in [0.5, 0.6) is 23.3 Å². The number of benzene rings is 5. The van der Waals surface area contributed by atoms with E-state index in [4.69, 9.17) is 9.47 Å². The van der Waals surface area contributed by atoms with Crippen molar-refractivity contribution in [3.63, 3.8) is 0 Å². The number of para-hydroxylation sites is 4. The van der Waals surface area contributed by atoms with Gasteiger partial charge in [-0.05, 0) is 56.6 Å². The number of aromatic nitrogens is 3. The molecule has 5 heterocycles. The molecule has 0 saturated heterocycles. The smallest absolute Gasteiger partial charge is 0.214 e. The molecule has 2 aliphatic rings. The Kier molecular flexibility index (Phi) is 10.2. The van der Waals surface area contributed by atoms with E-state index >= 15 is 0 Å². The fourth-order valence-electron chi connectivity index (χ4n) is 7.12. The second-order valence-corrected chi connectivity index (χ2v) is 13.0. The number of nitriles is 1. The van der Waals surface area contributed by atoms with Crippen molar-refractivity contribution in [3.05, 3.63) is 165 Å². The van der Waals surface area contributed by atoms with E-state index in [1.807, 2.05) is 68.4 Å². The van der Waals surface area contributed by atoms with Crippen LogP contribution < -0.4 is 29.1 Å². The molecule has 286 valence electrons. The number of ether oxygens (including phenoxy) is 2. The minimum Gasteiger partial charge on any atom is -0.504 e. The van der Waals surface area contributed by atoms with Crippen molar-refractivity contribution < 1.29 is 50.3 Å². The van der Waals surface area contributed by atoms with Gasteiger partial charge in [0.25, 0.3) is 0 Å². The van der Waals surface area contributed by atoms with Crippen molar-refractivity contribution in [3.8, 4) is 35.0 Å². The summed E-state index contributed by atoms with van der Waals surface area (Å²) in [4.78, 5) is 17.1. The second kappa shape index (κ2) is 15.4. The maximum Gasteiger partial charge on any atom is 0.214 e. The molecule has 0 radical (unpaired) electrons. The van der Waals surface area contributed by atoms with Crippen molar-refractivity contribution in [2.75, 3.05) is 33.7 Å². The fourth-order valence-corrected chi connectivity index (χ4v) is 7.12. The molecule has 2 aliphatic heterocycles. The van der Waals surface area contributed by atoms with Crippen molar-refractivity contribution in [2.24, 2.45) is 0 Å². The Morgan fingerprint density at radius 2 is 1.00 bits per heavy atom. The number of anilines is 6. The first-order valence-electron chi connectivity index (χ1n) is 17.5. The van der Waals surface area contributed by atoms with Crippen molar-refractivity contribution in [2.45, 2.75) is 0 Å². The zero-order chi connectivity index (χ0) is 37.0. The maximum absolute atomic E-state index is 10.5. The van der Waals surface area contributed by atoms with Gasteiger partial charge < -0.3 is 33.6 Å². The van der Waals surface area contributed by atoms with E-state index in [0.29, 0.717) is 17.4 Å². The van der Waals surface area contributed by atoms with Crippen LogP contribution in [0.3, 0.4) is 0 Å². The average molecular weight is 926 g/mol. The van der Waals surface area contributed by atoms with Gasteiger partial charge in [0.1, 0.15) is 0 Å². The summed E-state index contributed by atoms with van der Waals surface area (Å²) in [5, 5.41) is 12.4. The first kappa shape index (κ1) is 37.7. The largest absolute Gasteiger partial charge is 0.504 e. The van der Waals surface area contributed by atoms with E-state index in [9.17, 15) is 5.26 Å². The predicted molar refractivity (Wildman–Crippen MR) is 212 cm³/mol. The van der Waals surface area contributed by atoms with Crippen LogP contribution in [0.1, 0.15) is 5.56 Å². The van der Waals surface area contributed by atoms with Crippen LogP contribution in [0.2, 0.25) is 0 Å². The molecule has 10 rings (SSSR count). The number of nitrogens with zero attached hydrogens (tertiary/aromatic N) is 8. The van der Waals surface area contributed by atoms with Crippen LogP contribution in [0.15, 0.2) is 122 Å². The van der Waals surface area contributed by atoms with Crippen molar-refractivity contribution >= 4 is 55.9 Å². The summed E-state index contributed by atoms with van der Waals surface area (Å²) in [6, 6.07) is 52.0. The first-order chi connectivity index (χ1) is 27.0. The van der Waals surface area contributed by atoms with Crippen molar-refractivity contribution in [1.29, 1.82) is 5.26 Å². The molecule has 57 heavy (non-hydrogen) atoms. The van der Waals surface area contributed by atoms with Crippen molar-refractivity contribution in [1.82, 2.24) is 14.5 Å². The molecule has 12 heteroatoms. The molecule has 3 aromatic heterocycles. The molecule has 0 fully saturated rings. The van der Waals surface area contributed by atoms with Crippen LogP contribution in [0.4, 0.5) is 34.1 Å².